The molecule has 1 amide bonds. The van der Waals surface area contributed by atoms with Crippen LogP contribution in [-0.4, -0.2) is 79.3 Å². The van der Waals surface area contributed by atoms with Crippen molar-refractivity contribution in [2.24, 2.45) is 5.41 Å². The van der Waals surface area contributed by atoms with Crippen LogP contribution in [0.3, 0.4) is 0 Å². The summed E-state index contributed by atoms with van der Waals surface area (Å²) in [5, 5.41) is 14.3. The van der Waals surface area contributed by atoms with Gasteiger partial charge in [0, 0.05) is 42.5 Å². The number of anilines is 2. The molecule has 2 aliphatic heterocycles. The van der Waals surface area contributed by atoms with Gasteiger partial charge in [0.15, 0.2) is 0 Å². The first kappa shape index (κ1) is 33.1. The summed E-state index contributed by atoms with van der Waals surface area (Å²) in [7, 11) is 0. The van der Waals surface area contributed by atoms with Gasteiger partial charge in [-0.25, -0.2) is 14.3 Å². The SMILES string of the molecule is Cc1ccn(-c2cc(Cl)ccc2C(Oc2cc(N3CCC4(CC3)C[C@@H](C(=O)O)N(C(=O)OC(C)(C)C)C4)nc(N)n2)C(F)(F)F)n1. The number of ether oxygens (including phenoxy) is 2. The number of carboxylic acids is 1. The molecule has 0 radical (unpaired) electrons. The van der Waals surface area contributed by atoms with Crippen LogP contribution in [0.4, 0.5) is 29.7 Å². The molecule has 1 aromatic carbocycles. The molecule has 3 N–H and O–H groups in total. The van der Waals surface area contributed by atoms with Gasteiger partial charge in [-0.3, -0.25) is 4.90 Å². The number of carboxylic acid groups (broad SMARTS) is 1. The number of hydrogen-bond donors (Lipinski definition) is 2. The van der Waals surface area contributed by atoms with Gasteiger partial charge in [0.2, 0.25) is 17.9 Å². The van der Waals surface area contributed by atoms with Gasteiger partial charge in [-0.05, 0) is 70.6 Å². The van der Waals surface area contributed by atoms with Crippen molar-refractivity contribution in [3.63, 3.8) is 0 Å². The van der Waals surface area contributed by atoms with Crippen molar-refractivity contribution < 1.29 is 37.3 Å². The minimum Gasteiger partial charge on any atom is -0.480 e. The molecule has 2 fully saturated rings. The van der Waals surface area contributed by atoms with Crippen LogP contribution in [0, 0.1) is 12.3 Å². The molecule has 0 saturated carbocycles. The predicted molar refractivity (Wildman–Crippen MR) is 162 cm³/mol. The molecule has 248 valence electrons. The number of rotatable bonds is 6. The third-order valence-corrected chi connectivity index (χ3v) is 8.29. The zero-order chi connectivity index (χ0) is 33.6. The van der Waals surface area contributed by atoms with E-state index < -0.39 is 41.4 Å². The van der Waals surface area contributed by atoms with E-state index in [2.05, 4.69) is 15.1 Å². The average molecular weight is 666 g/mol. The lowest BCUT2D eigenvalue weighted by molar-refractivity contribution is -0.198. The number of likely N-dealkylation sites (tertiary alicyclic amines) is 1. The molecule has 2 saturated heterocycles. The maximum absolute atomic E-state index is 14.5. The van der Waals surface area contributed by atoms with Crippen molar-refractivity contribution in [3.8, 4) is 11.6 Å². The molecular weight excluding hydrogens is 631 g/mol. The lowest BCUT2D eigenvalue weighted by atomic mass is 9.76. The minimum atomic E-state index is -4.86. The van der Waals surface area contributed by atoms with Crippen LogP contribution >= 0.6 is 11.6 Å². The lowest BCUT2D eigenvalue weighted by Gasteiger charge is -2.39. The standard InChI is InChI=1S/C30H35ClF3N7O5/c1-17-7-10-41(38-17)20-13-18(31)5-6-19(20)24(30(32,33)34)45-23-14-22(36-26(35)37-23)39-11-8-29(9-12-39)15-21(25(42)43)40(16-29)27(44)46-28(2,3)4/h5-7,10,13-14,21,24H,8-9,11-12,15-16H2,1-4H3,(H,42,43)(H2,35,36,37)/t21-,24?/m0/s1. The summed E-state index contributed by atoms with van der Waals surface area (Å²) < 4.78 is 55.9. The summed E-state index contributed by atoms with van der Waals surface area (Å²) in [6.07, 6.45) is -5.21. The fraction of sp³-hybridized carbons (Fsp3) is 0.500. The molecule has 3 aromatic rings. The van der Waals surface area contributed by atoms with Crippen LogP contribution in [0.1, 0.15) is 57.4 Å². The second-order valence-electron chi connectivity index (χ2n) is 12.7. The second kappa shape index (κ2) is 12.2. The van der Waals surface area contributed by atoms with Crippen molar-refractivity contribution in [1.82, 2.24) is 24.6 Å². The molecule has 46 heavy (non-hydrogen) atoms. The van der Waals surface area contributed by atoms with Crippen LogP contribution in [-0.2, 0) is 9.53 Å². The monoisotopic (exact) mass is 665 g/mol. The predicted octanol–water partition coefficient (Wildman–Crippen LogP) is 5.57. The molecule has 0 bridgehead atoms. The molecule has 2 aliphatic rings. The number of alkyl halides is 3. The second-order valence-corrected chi connectivity index (χ2v) is 13.2. The largest absolute Gasteiger partial charge is 0.480 e. The Morgan fingerprint density at radius 1 is 1.13 bits per heavy atom. The molecule has 1 unspecified atom stereocenters. The van der Waals surface area contributed by atoms with Crippen molar-refractivity contribution >= 4 is 35.4 Å². The van der Waals surface area contributed by atoms with E-state index in [0.717, 1.165) is 0 Å². The fourth-order valence-corrected chi connectivity index (χ4v) is 6.09. The third kappa shape index (κ3) is 7.24. The number of aromatic nitrogens is 4. The number of aliphatic carboxylic acids is 1. The number of nitrogens with two attached hydrogens (primary N) is 1. The quantitative estimate of drug-likeness (QED) is 0.342. The summed E-state index contributed by atoms with van der Waals surface area (Å²) in [6.45, 7) is 7.81. The molecule has 2 aromatic heterocycles. The fourth-order valence-electron chi connectivity index (χ4n) is 5.93. The number of halogens is 4. The molecule has 2 atom stereocenters. The van der Waals surface area contributed by atoms with E-state index in [0.29, 0.717) is 31.6 Å². The number of piperidine rings is 1. The summed E-state index contributed by atoms with van der Waals surface area (Å²) in [5.41, 5.74) is 5.12. The number of nitrogen functional groups attached to an aromatic ring is 1. The molecule has 16 heteroatoms. The zero-order valence-electron chi connectivity index (χ0n) is 25.7. The maximum Gasteiger partial charge on any atom is 0.429 e. The van der Waals surface area contributed by atoms with Crippen molar-refractivity contribution in [1.29, 1.82) is 0 Å². The van der Waals surface area contributed by atoms with Crippen LogP contribution in [0.15, 0.2) is 36.5 Å². The Hall–Kier alpha value is -4.27. The maximum atomic E-state index is 14.5. The highest BCUT2D eigenvalue weighted by Crippen LogP contribution is 2.45. The van der Waals surface area contributed by atoms with E-state index in [4.69, 9.17) is 26.8 Å². The van der Waals surface area contributed by atoms with Gasteiger partial charge in [-0.2, -0.15) is 28.2 Å². The number of carbonyl (C=O) groups is 2. The van der Waals surface area contributed by atoms with Gasteiger partial charge in [0.05, 0.1) is 11.4 Å². The van der Waals surface area contributed by atoms with Crippen molar-refractivity contribution in [3.05, 3.63) is 52.8 Å². The van der Waals surface area contributed by atoms with E-state index in [-0.39, 0.29) is 46.9 Å². The van der Waals surface area contributed by atoms with Crippen LogP contribution in [0.25, 0.3) is 5.69 Å². The van der Waals surface area contributed by atoms with E-state index in [1.165, 1.54) is 40.0 Å². The summed E-state index contributed by atoms with van der Waals surface area (Å²) in [4.78, 5) is 36.2. The van der Waals surface area contributed by atoms with E-state index in [1.807, 2.05) is 4.90 Å². The lowest BCUT2D eigenvalue weighted by Crippen LogP contribution is -2.45. The molecule has 4 heterocycles. The number of hydrogen-bond acceptors (Lipinski definition) is 9. The minimum absolute atomic E-state index is 0.0863. The first-order valence-electron chi connectivity index (χ1n) is 14.6. The van der Waals surface area contributed by atoms with Crippen molar-refractivity contribution in [2.75, 3.05) is 30.3 Å². The summed E-state index contributed by atoms with van der Waals surface area (Å²) >= 11 is 6.14. The van der Waals surface area contributed by atoms with E-state index in [1.54, 1.807) is 33.8 Å². The Morgan fingerprint density at radius 3 is 2.41 bits per heavy atom. The third-order valence-electron chi connectivity index (χ3n) is 8.06. The molecule has 5 rings (SSSR count). The Kier molecular flexibility index (Phi) is 8.75. The molecule has 0 aliphatic carbocycles. The first-order chi connectivity index (χ1) is 21.4. The number of carbonyl (C=O) groups excluding carboxylic acids is 1. The van der Waals surface area contributed by atoms with E-state index in [9.17, 15) is 27.9 Å². The van der Waals surface area contributed by atoms with Gasteiger partial charge < -0.3 is 25.2 Å². The topological polar surface area (TPSA) is 149 Å². The smallest absolute Gasteiger partial charge is 0.429 e. The summed E-state index contributed by atoms with van der Waals surface area (Å²) in [6, 6.07) is 5.85. The van der Waals surface area contributed by atoms with E-state index >= 15 is 0 Å². The first-order valence-corrected chi connectivity index (χ1v) is 15.0. The highest BCUT2D eigenvalue weighted by Gasteiger charge is 2.51. The number of benzene rings is 1. The molecule has 1 spiro atoms. The van der Waals surface area contributed by atoms with Gasteiger partial charge in [0.25, 0.3) is 0 Å². The normalized spacial score (nSPS) is 18.9. The van der Waals surface area contributed by atoms with Gasteiger partial charge >= 0.3 is 18.2 Å². The Bertz CT molecular complexity index is 1620. The van der Waals surface area contributed by atoms with Gasteiger partial charge in [-0.15, -0.1) is 0 Å². The Labute approximate surface area is 268 Å². The summed E-state index contributed by atoms with van der Waals surface area (Å²) in [5.74, 6) is -1.52. The molecular formula is C30H35ClF3N7O5. The highest BCUT2D eigenvalue weighted by atomic mass is 35.5. The highest BCUT2D eigenvalue weighted by molar-refractivity contribution is 6.30. The average Bonchev–Trinajstić information content (AvgIpc) is 3.55. The van der Waals surface area contributed by atoms with Crippen LogP contribution < -0.4 is 15.4 Å². The van der Waals surface area contributed by atoms with Gasteiger partial charge in [-0.1, -0.05) is 17.7 Å². The number of amides is 1. The number of aryl methyl sites for hydroxylation is 1. The number of nitrogens with zero attached hydrogens (tertiary/aromatic N) is 6. The van der Waals surface area contributed by atoms with Crippen molar-refractivity contribution in [2.45, 2.75) is 70.9 Å². The zero-order valence-corrected chi connectivity index (χ0v) is 26.5. The van der Waals surface area contributed by atoms with Crippen LogP contribution in [0.2, 0.25) is 5.02 Å². The van der Waals surface area contributed by atoms with Crippen LogP contribution in [0.5, 0.6) is 5.88 Å². The molecule has 12 nitrogen and oxygen atoms in total. The Balaban J connectivity index is 1.36. The van der Waals surface area contributed by atoms with Gasteiger partial charge in [0.1, 0.15) is 17.5 Å². The Morgan fingerprint density at radius 2 is 1.83 bits per heavy atom.